The monoisotopic (exact) mass is 327 g/mol. The van der Waals surface area contributed by atoms with Crippen molar-refractivity contribution in [2.75, 3.05) is 6.61 Å². The van der Waals surface area contributed by atoms with Crippen LogP contribution in [-0.2, 0) is 21.7 Å². The van der Waals surface area contributed by atoms with Crippen LogP contribution in [0.4, 0.5) is 4.39 Å². The number of hydroxylamine groups is 1. The SMILES string of the molecule is Fc1ccccc1[C@]12CC(OCc3ccccc3)CCC1CON2. The second-order valence-corrected chi connectivity index (χ2v) is 6.76. The third-order valence-corrected chi connectivity index (χ3v) is 5.31. The summed E-state index contributed by atoms with van der Waals surface area (Å²) in [5, 5.41) is 0. The number of hydrogen-bond donors (Lipinski definition) is 1. The summed E-state index contributed by atoms with van der Waals surface area (Å²) in [5.41, 5.74) is 4.51. The van der Waals surface area contributed by atoms with Gasteiger partial charge in [0.25, 0.3) is 0 Å². The van der Waals surface area contributed by atoms with Crippen LogP contribution in [0.2, 0.25) is 0 Å². The molecule has 0 radical (unpaired) electrons. The first-order chi connectivity index (χ1) is 11.8. The molecule has 1 aliphatic carbocycles. The molecule has 2 fully saturated rings. The molecule has 24 heavy (non-hydrogen) atoms. The smallest absolute Gasteiger partial charge is 0.128 e. The summed E-state index contributed by atoms with van der Waals surface area (Å²) < 4.78 is 20.6. The third-order valence-electron chi connectivity index (χ3n) is 5.31. The van der Waals surface area contributed by atoms with Gasteiger partial charge in [-0.2, -0.15) is 5.48 Å². The van der Waals surface area contributed by atoms with E-state index in [9.17, 15) is 4.39 Å². The minimum atomic E-state index is -0.481. The van der Waals surface area contributed by atoms with Crippen molar-refractivity contribution in [1.29, 1.82) is 0 Å². The molecule has 0 bridgehead atoms. The number of hydrogen-bond acceptors (Lipinski definition) is 3. The van der Waals surface area contributed by atoms with E-state index in [4.69, 9.17) is 9.57 Å². The fraction of sp³-hybridized carbons (Fsp3) is 0.400. The maximum absolute atomic E-state index is 14.4. The normalized spacial score (nSPS) is 29.4. The van der Waals surface area contributed by atoms with Crippen molar-refractivity contribution in [3.63, 3.8) is 0 Å². The van der Waals surface area contributed by atoms with E-state index in [-0.39, 0.29) is 17.8 Å². The Bertz CT molecular complexity index is 693. The zero-order chi connectivity index (χ0) is 16.4. The number of rotatable bonds is 4. The van der Waals surface area contributed by atoms with Crippen molar-refractivity contribution in [3.05, 3.63) is 71.5 Å². The van der Waals surface area contributed by atoms with Crippen molar-refractivity contribution in [3.8, 4) is 0 Å². The Morgan fingerprint density at radius 2 is 1.88 bits per heavy atom. The molecule has 2 aromatic carbocycles. The number of benzene rings is 2. The van der Waals surface area contributed by atoms with Crippen LogP contribution in [0.3, 0.4) is 0 Å². The third kappa shape index (κ3) is 2.86. The van der Waals surface area contributed by atoms with Crippen LogP contribution >= 0.6 is 0 Å². The zero-order valence-corrected chi connectivity index (χ0v) is 13.6. The standard InChI is InChI=1S/C20H22FNO2/c21-19-9-5-4-8-18(19)20-12-17(11-10-16(20)14-24-22-20)23-13-15-6-2-1-3-7-15/h1-9,16-17,22H,10-14H2/t16?,17?,20-/m0/s1. The van der Waals surface area contributed by atoms with Gasteiger partial charge in [0.1, 0.15) is 5.82 Å². The molecule has 3 nitrogen and oxygen atoms in total. The van der Waals surface area contributed by atoms with Gasteiger partial charge in [0.05, 0.1) is 24.9 Å². The molecule has 0 aromatic heterocycles. The van der Waals surface area contributed by atoms with Crippen molar-refractivity contribution >= 4 is 0 Å². The average Bonchev–Trinajstić information content (AvgIpc) is 3.05. The number of halogens is 1. The highest BCUT2D eigenvalue weighted by Crippen LogP contribution is 2.46. The Balaban J connectivity index is 1.53. The van der Waals surface area contributed by atoms with E-state index in [2.05, 4.69) is 17.6 Å². The molecule has 1 N–H and O–H groups in total. The quantitative estimate of drug-likeness (QED) is 0.922. The van der Waals surface area contributed by atoms with Crippen LogP contribution in [0.15, 0.2) is 54.6 Å². The lowest BCUT2D eigenvalue weighted by Crippen LogP contribution is -2.48. The highest BCUT2D eigenvalue weighted by molar-refractivity contribution is 5.29. The lowest BCUT2D eigenvalue weighted by atomic mass is 9.69. The summed E-state index contributed by atoms with van der Waals surface area (Å²) in [6.45, 7) is 1.21. The molecule has 4 heteroatoms. The lowest BCUT2D eigenvalue weighted by Gasteiger charge is -2.41. The maximum Gasteiger partial charge on any atom is 0.128 e. The highest BCUT2D eigenvalue weighted by Gasteiger charge is 2.50. The molecule has 1 aliphatic heterocycles. The van der Waals surface area contributed by atoms with Crippen molar-refractivity contribution in [2.24, 2.45) is 5.92 Å². The van der Waals surface area contributed by atoms with Crippen molar-refractivity contribution in [2.45, 2.75) is 37.5 Å². The molecule has 3 atom stereocenters. The van der Waals surface area contributed by atoms with E-state index in [1.807, 2.05) is 30.3 Å². The number of fused-ring (bicyclic) bond motifs is 1. The summed E-state index contributed by atoms with van der Waals surface area (Å²) in [4.78, 5) is 5.54. The Labute approximate surface area is 141 Å². The van der Waals surface area contributed by atoms with Gasteiger partial charge in [-0.05, 0) is 30.9 Å². The molecule has 1 heterocycles. The molecule has 2 aliphatic rings. The minimum absolute atomic E-state index is 0.0928. The first-order valence-corrected chi connectivity index (χ1v) is 8.57. The fourth-order valence-corrected chi connectivity index (χ4v) is 4.02. The largest absolute Gasteiger partial charge is 0.373 e. The van der Waals surface area contributed by atoms with Gasteiger partial charge in [0.15, 0.2) is 0 Å². The summed E-state index contributed by atoms with van der Waals surface area (Å²) in [6.07, 6.45) is 2.78. The molecule has 0 spiro atoms. The minimum Gasteiger partial charge on any atom is -0.373 e. The fourth-order valence-electron chi connectivity index (χ4n) is 4.02. The molecular formula is C20H22FNO2. The van der Waals surface area contributed by atoms with Gasteiger partial charge < -0.3 is 9.57 Å². The van der Waals surface area contributed by atoms with Crippen molar-refractivity contribution < 1.29 is 14.0 Å². The van der Waals surface area contributed by atoms with Gasteiger partial charge in [0, 0.05) is 11.5 Å². The molecule has 126 valence electrons. The second kappa shape index (κ2) is 6.63. The molecule has 4 rings (SSSR count). The topological polar surface area (TPSA) is 30.5 Å². The van der Waals surface area contributed by atoms with Gasteiger partial charge in [-0.3, -0.25) is 0 Å². The van der Waals surface area contributed by atoms with E-state index in [1.165, 1.54) is 6.07 Å². The lowest BCUT2D eigenvalue weighted by molar-refractivity contribution is -0.0327. The van der Waals surface area contributed by atoms with Crippen LogP contribution in [0.25, 0.3) is 0 Å². The van der Waals surface area contributed by atoms with Gasteiger partial charge >= 0.3 is 0 Å². The number of nitrogens with one attached hydrogen (secondary N) is 1. The number of ether oxygens (including phenoxy) is 1. The van der Waals surface area contributed by atoms with E-state index >= 15 is 0 Å². The maximum atomic E-state index is 14.4. The predicted octanol–water partition coefficient (Wildman–Crippen LogP) is 3.94. The summed E-state index contributed by atoms with van der Waals surface area (Å²) >= 11 is 0. The Kier molecular flexibility index (Phi) is 4.35. The van der Waals surface area contributed by atoms with E-state index in [0.29, 0.717) is 18.8 Å². The molecule has 2 unspecified atom stereocenters. The summed E-state index contributed by atoms with van der Waals surface area (Å²) in [6, 6.07) is 17.2. The summed E-state index contributed by atoms with van der Waals surface area (Å²) in [7, 11) is 0. The molecule has 1 saturated carbocycles. The molecule has 2 aromatic rings. The first kappa shape index (κ1) is 15.8. The Morgan fingerprint density at radius 3 is 2.71 bits per heavy atom. The van der Waals surface area contributed by atoms with Gasteiger partial charge in [-0.25, -0.2) is 4.39 Å². The van der Waals surface area contributed by atoms with Crippen LogP contribution in [0.1, 0.15) is 30.4 Å². The van der Waals surface area contributed by atoms with E-state index in [0.717, 1.165) is 24.8 Å². The predicted molar refractivity (Wildman–Crippen MR) is 89.5 cm³/mol. The van der Waals surface area contributed by atoms with Crippen LogP contribution < -0.4 is 5.48 Å². The molecular weight excluding hydrogens is 305 g/mol. The van der Waals surface area contributed by atoms with Crippen LogP contribution in [0, 0.1) is 11.7 Å². The van der Waals surface area contributed by atoms with Crippen molar-refractivity contribution in [1.82, 2.24) is 5.48 Å². The van der Waals surface area contributed by atoms with Gasteiger partial charge in [-0.1, -0.05) is 48.5 Å². The second-order valence-electron chi connectivity index (χ2n) is 6.76. The average molecular weight is 327 g/mol. The van der Waals surface area contributed by atoms with Gasteiger partial charge in [0.2, 0.25) is 0 Å². The molecule has 0 amide bonds. The first-order valence-electron chi connectivity index (χ1n) is 8.57. The van der Waals surface area contributed by atoms with E-state index < -0.39 is 5.54 Å². The molecule has 1 saturated heterocycles. The highest BCUT2D eigenvalue weighted by atomic mass is 19.1. The van der Waals surface area contributed by atoms with Gasteiger partial charge in [-0.15, -0.1) is 0 Å². The Hall–Kier alpha value is -1.75. The summed E-state index contributed by atoms with van der Waals surface area (Å²) in [5.74, 6) is 0.107. The zero-order valence-electron chi connectivity index (χ0n) is 13.6. The Morgan fingerprint density at radius 1 is 1.08 bits per heavy atom. The van der Waals surface area contributed by atoms with E-state index in [1.54, 1.807) is 6.07 Å². The van der Waals surface area contributed by atoms with Crippen LogP contribution in [-0.4, -0.2) is 12.7 Å². The van der Waals surface area contributed by atoms with Crippen LogP contribution in [0.5, 0.6) is 0 Å².